The fraction of sp³-hybridized carbons (Fsp3) is 0.346. The van der Waals surface area contributed by atoms with Crippen LogP contribution in [0, 0.1) is 23.7 Å². The van der Waals surface area contributed by atoms with E-state index in [0.29, 0.717) is 46.9 Å². The van der Waals surface area contributed by atoms with Crippen molar-refractivity contribution in [1.29, 1.82) is 0 Å². The summed E-state index contributed by atoms with van der Waals surface area (Å²) >= 11 is 0. The second kappa shape index (κ2) is 11.2. The SMILES string of the molecule is [2H]c1c([2H])c(N(c2ccc3c(c2)C2(c4ccccc4-3)C3CC4CC(C3)CC2C4)c2c([2H])c([2H])c3c(c2[2H])C(C)(C)CCC3(C)C)c([2H])c([2H])c1-c1c([2H])c([2H])c2c([2H])c([2H])c([2H])c([2H])c2c1[2H]. The van der Waals surface area contributed by atoms with Crippen molar-refractivity contribution in [2.24, 2.45) is 23.7 Å². The highest BCUT2D eigenvalue weighted by atomic mass is 15.1. The lowest BCUT2D eigenvalue weighted by molar-refractivity contribution is -0.0399. The van der Waals surface area contributed by atoms with Crippen LogP contribution in [-0.2, 0) is 16.2 Å². The molecule has 1 heteroatoms. The van der Waals surface area contributed by atoms with Crippen molar-refractivity contribution in [3.05, 3.63) is 149 Å². The van der Waals surface area contributed by atoms with E-state index < -0.39 is 88.4 Å². The van der Waals surface area contributed by atoms with Gasteiger partial charge in [0.15, 0.2) is 0 Å². The van der Waals surface area contributed by atoms with Crippen molar-refractivity contribution < 1.29 is 19.2 Å². The normalized spacial score (nSPS) is 30.4. The molecule has 53 heavy (non-hydrogen) atoms. The van der Waals surface area contributed by atoms with Gasteiger partial charge in [-0.1, -0.05) is 112 Å². The zero-order valence-corrected chi connectivity index (χ0v) is 30.7. The van der Waals surface area contributed by atoms with E-state index in [1.54, 1.807) is 0 Å². The topological polar surface area (TPSA) is 3.24 Å². The van der Waals surface area contributed by atoms with E-state index in [2.05, 4.69) is 30.3 Å². The minimum atomic E-state index is -0.688. The van der Waals surface area contributed by atoms with Crippen molar-refractivity contribution in [2.75, 3.05) is 4.90 Å². The van der Waals surface area contributed by atoms with Crippen LogP contribution in [0.15, 0.2) is 127 Å². The average Bonchev–Trinajstić information content (AvgIpc) is 3.57. The van der Waals surface area contributed by atoms with Gasteiger partial charge < -0.3 is 4.90 Å². The Hall–Kier alpha value is -4.62. The Balaban J connectivity index is 1.22. The van der Waals surface area contributed by atoms with E-state index in [-0.39, 0.29) is 45.7 Å². The Morgan fingerprint density at radius 1 is 0.528 bits per heavy atom. The molecule has 6 aliphatic carbocycles. The number of rotatable bonds is 4. The number of hydrogen-bond donors (Lipinski definition) is 0. The first kappa shape index (κ1) is 20.7. The molecule has 0 N–H and O–H groups in total. The summed E-state index contributed by atoms with van der Waals surface area (Å²) in [5.74, 6) is 2.12. The summed E-state index contributed by atoms with van der Waals surface area (Å²) in [6, 6.07) is 7.19. The monoisotopic (exact) mass is 703 g/mol. The third-order valence-corrected chi connectivity index (χ3v) is 13.9. The van der Waals surface area contributed by atoms with Crippen LogP contribution in [0.25, 0.3) is 33.0 Å². The van der Waals surface area contributed by atoms with Crippen LogP contribution in [0.5, 0.6) is 0 Å². The Morgan fingerprint density at radius 3 is 1.92 bits per heavy atom. The number of fused-ring (bicyclic) bond motifs is 5. The lowest BCUT2D eigenvalue weighted by Gasteiger charge is -2.61. The second-order valence-corrected chi connectivity index (χ2v) is 17.7. The largest absolute Gasteiger partial charge is 0.310 e. The average molecular weight is 704 g/mol. The first-order valence-electron chi connectivity index (χ1n) is 26.4. The van der Waals surface area contributed by atoms with Crippen molar-refractivity contribution in [2.45, 2.75) is 88.9 Å². The van der Waals surface area contributed by atoms with Gasteiger partial charge in [-0.25, -0.2) is 0 Å². The highest BCUT2D eigenvalue weighted by Gasteiger charge is 2.61. The van der Waals surface area contributed by atoms with Crippen LogP contribution in [0.1, 0.15) is 114 Å². The van der Waals surface area contributed by atoms with Gasteiger partial charge in [0.1, 0.15) is 0 Å². The lowest BCUT2D eigenvalue weighted by Crippen LogP contribution is -2.55. The van der Waals surface area contributed by atoms with Crippen molar-refractivity contribution in [1.82, 2.24) is 0 Å². The van der Waals surface area contributed by atoms with Crippen molar-refractivity contribution in [3.63, 3.8) is 0 Å². The molecule has 0 amide bonds. The van der Waals surface area contributed by atoms with E-state index in [0.717, 1.165) is 48.8 Å². The zero-order chi connectivity index (χ0) is 47.9. The number of benzene rings is 6. The molecule has 0 unspecified atom stereocenters. The molecule has 4 fully saturated rings. The minimum Gasteiger partial charge on any atom is -0.310 e. The molecule has 0 heterocycles. The quantitative estimate of drug-likeness (QED) is 0.177. The van der Waals surface area contributed by atoms with Gasteiger partial charge in [0, 0.05) is 22.5 Å². The van der Waals surface area contributed by atoms with Crippen molar-refractivity contribution >= 4 is 27.8 Å². The van der Waals surface area contributed by atoms with E-state index in [9.17, 15) is 11.0 Å². The molecule has 0 radical (unpaired) electrons. The van der Waals surface area contributed by atoms with E-state index in [4.69, 9.17) is 8.22 Å². The molecule has 0 aliphatic heterocycles. The standard InChI is InChI=1S/C52H51N/c1-50(2)23-24-51(3,4)49-32-43(20-22-47(49)50)53(41-17-15-36(16-18-41)38-14-13-35-9-5-6-10-37(35)30-38)42-19-21-45-44-11-7-8-12-46(44)52(48(45)31-42)39-26-33-25-34(28-39)29-40(52)27-33/h5-22,30-34,39-40H,23-29H2,1-4H3/i5D,6D,9D,10D,13D,14D,15D,16D,17D,18D,20D,22D,30D,32D. The maximum atomic E-state index is 10.2. The summed E-state index contributed by atoms with van der Waals surface area (Å²) in [5, 5.41) is -0.725. The molecule has 1 nitrogen and oxygen atoms in total. The Kier molecular flexibility index (Phi) is 4.38. The van der Waals surface area contributed by atoms with Crippen LogP contribution in [0.2, 0.25) is 0 Å². The summed E-state index contributed by atoms with van der Waals surface area (Å²) < 4.78 is 130. The molecule has 12 rings (SSSR count). The van der Waals surface area contributed by atoms with Gasteiger partial charge >= 0.3 is 0 Å². The lowest BCUT2D eigenvalue weighted by atomic mass is 9.43. The predicted octanol–water partition coefficient (Wildman–Crippen LogP) is 14.0. The van der Waals surface area contributed by atoms with Gasteiger partial charge in [0.25, 0.3) is 0 Å². The van der Waals surface area contributed by atoms with Gasteiger partial charge in [0.2, 0.25) is 0 Å². The highest BCUT2D eigenvalue weighted by molar-refractivity contribution is 5.89. The van der Waals surface area contributed by atoms with Gasteiger partial charge in [-0.3, -0.25) is 0 Å². The third kappa shape index (κ3) is 4.62. The molecule has 0 aromatic heterocycles. The summed E-state index contributed by atoms with van der Waals surface area (Å²) in [6.07, 6.45) is 7.16. The highest BCUT2D eigenvalue weighted by Crippen LogP contribution is 2.69. The summed E-state index contributed by atoms with van der Waals surface area (Å²) in [5.41, 5.74) is 3.55. The van der Waals surface area contributed by atoms with E-state index in [1.165, 1.54) is 16.9 Å². The molecule has 1 spiro atoms. The molecule has 6 aromatic rings. The first-order valence-corrected chi connectivity index (χ1v) is 19.4. The number of hydrogen-bond acceptors (Lipinski definition) is 1. The molecular formula is C52H51N. The smallest absolute Gasteiger partial charge is 0.0648 e. The number of anilines is 3. The maximum absolute atomic E-state index is 10.2. The van der Waals surface area contributed by atoms with E-state index in [1.807, 2.05) is 39.8 Å². The zero-order valence-electron chi connectivity index (χ0n) is 44.7. The summed E-state index contributed by atoms with van der Waals surface area (Å²) in [6.45, 7) is 8.12. The molecule has 264 valence electrons. The van der Waals surface area contributed by atoms with Gasteiger partial charge in [0.05, 0.1) is 19.2 Å². The molecule has 0 atom stereocenters. The van der Waals surface area contributed by atoms with Crippen LogP contribution in [0.3, 0.4) is 0 Å². The van der Waals surface area contributed by atoms with Crippen LogP contribution < -0.4 is 4.90 Å². The third-order valence-electron chi connectivity index (χ3n) is 13.9. The Labute approximate surface area is 335 Å². The molecule has 6 aliphatic rings. The van der Waals surface area contributed by atoms with Gasteiger partial charge in [-0.15, -0.1) is 0 Å². The molecule has 0 saturated heterocycles. The van der Waals surface area contributed by atoms with Gasteiger partial charge in [-0.2, -0.15) is 0 Å². The molecule has 4 saturated carbocycles. The Morgan fingerprint density at radius 2 is 1.17 bits per heavy atom. The van der Waals surface area contributed by atoms with Crippen LogP contribution in [0.4, 0.5) is 17.1 Å². The molecular weight excluding hydrogens is 639 g/mol. The first-order chi connectivity index (χ1) is 31.6. The fourth-order valence-corrected chi connectivity index (χ4v) is 11.5. The van der Waals surface area contributed by atoms with Crippen LogP contribution >= 0.6 is 0 Å². The summed E-state index contributed by atoms with van der Waals surface area (Å²) in [7, 11) is 0. The maximum Gasteiger partial charge on any atom is 0.0648 e. The predicted molar refractivity (Wildman–Crippen MR) is 223 cm³/mol. The fourth-order valence-electron chi connectivity index (χ4n) is 11.5. The van der Waals surface area contributed by atoms with Gasteiger partial charge in [-0.05, 0) is 177 Å². The van der Waals surface area contributed by atoms with Crippen molar-refractivity contribution in [3.8, 4) is 22.3 Å². The molecule has 6 aromatic carbocycles. The van der Waals surface area contributed by atoms with E-state index >= 15 is 0 Å². The number of nitrogens with zero attached hydrogens (tertiary/aromatic N) is 1. The second-order valence-electron chi connectivity index (χ2n) is 17.7. The minimum absolute atomic E-state index is 0.0350. The molecule has 4 bridgehead atoms. The van der Waals surface area contributed by atoms with Crippen LogP contribution in [-0.4, -0.2) is 0 Å². The Bertz CT molecular complexity index is 3170. The summed E-state index contributed by atoms with van der Waals surface area (Å²) in [4.78, 5) is 1.48.